The third kappa shape index (κ3) is 24.4. The number of H-pyrrole nitrogens is 4. The van der Waals surface area contributed by atoms with Gasteiger partial charge in [-0.2, -0.15) is 0 Å². The summed E-state index contributed by atoms with van der Waals surface area (Å²) < 4.78 is 38.8. The maximum absolute atomic E-state index is 13.6. The first-order valence-corrected chi connectivity index (χ1v) is 49.4. The van der Waals surface area contributed by atoms with Crippen molar-refractivity contribution >= 4 is 98.3 Å². The van der Waals surface area contributed by atoms with Crippen LogP contribution in [-0.4, -0.2) is 208 Å². The fourth-order valence-electron chi connectivity index (χ4n) is 18.6. The van der Waals surface area contributed by atoms with Crippen LogP contribution < -0.4 is 21.4 Å². The van der Waals surface area contributed by atoms with Crippen molar-refractivity contribution in [3.8, 4) is 78.4 Å². The van der Waals surface area contributed by atoms with Gasteiger partial charge in [-0.15, -0.1) is 0 Å². The number of nitrogens with one attached hydrogen (secondary N) is 7. The van der Waals surface area contributed by atoms with E-state index in [2.05, 4.69) is 240 Å². The predicted octanol–water partition coefficient (Wildman–Crippen LogP) is 21.7. The molecule has 0 saturated carbocycles. The molecule has 7 amide bonds. The standard InChI is InChI=1S/C50H56N8O6.C34H40BN3O4.C18H22BrN3O2.C7H13NO4/c1-29(2)43(55-49(61)63-5)47(59)57-25-9-15-41(57)45-51-27-39(53-45)33-21-17-31(18-22-33)35-11-7-14-38-36(12-8-13-37(35)38)32-19-23-34(24-20-32)40-28-52-46(54-40)42-16-10-26-58(42)48(60)44(30(3)4)56-50(62)64-6;1-32(2,3)40-31(39)38-20-10-15-29(38)30-36-21-28(37-30)23-18-16-22(17-19-23)24-11-8-13-26-25(24)12-9-14-27(26)35-41-33(4,5)34(6,7)42-35;1-18(2,3)24-17(23)22-10-4-5-15(22)16-20-11-14(21-16)12-6-8-13(19)9-7-12;1-4(2)5(6(9)10)8-7(11)12-3/h7-8,11-14,17-24,27-30,41-44H,9-10,15-16,25-26H2,1-6H3,(H,51,53)(H,52,54)(H,55,61)(H,56,62);8-9,11-14,16-19,21,29H,10,15,20H2,1-7H3,(H,36,37);6-9,11,15H,4-5,10H2,1-3H3,(H,20,21);4-5H,1-3H3,(H,8,11)(H,9,10)/t41-,42-,43-,44-;29-;15-;5-/m0000/s1. The zero-order valence-electron chi connectivity index (χ0n) is 84.3. The average molecular weight is 2000 g/mol. The lowest BCUT2D eigenvalue weighted by molar-refractivity contribution is -0.140. The van der Waals surface area contributed by atoms with Crippen LogP contribution in [0.4, 0.5) is 24.0 Å². The van der Waals surface area contributed by atoms with Gasteiger partial charge in [0.05, 0.1) is 104 Å². The van der Waals surface area contributed by atoms with Gasteiger partial charge in [0.2, 0.25) is 11.8 Å². The highest BCUT2D eigenvalue weighted by atomic mass is 79.9. The normalized spacial score (nSPS) is 17.7. The topological polar surface area (TPSA) is 385 Å². The predicted molar refractivity (Wildman–Crippen MR) is 552 cm³/mol. The maximum atomic E-state index is 13.6. The highest BCUT2D eigenvalue weighted by Crippen LogP contribution is 2.43. The quantitative estimate of drug-likeness (QED) is 0.0245. The van der Waals surface area contributed by atoms with Crippen molar-refractivity contribution in [2.45, 2.75) is 227 Å². The van der Waals surface area contributed by atoms with E-state index in [1.165, 1.54) is 21.3 Å². The highest BCUT2D eigenvalue weighted by Gasteiger charge is 2.52. The van der Waals surface area contributed by atoms with Gasteiger partial charge in [0.25, 0.3) is 0 Å². The van der Waals surface area contributed by atoms with E-state index in [1.54, 1.807) is 23.6 Å². The summed E-state index contributed by atoms with van der Waals surface area (Å²) >= 11 is 3.44. The van der Waals surface area contributed by atoms with Gasteiger partial charge in [0, 0.05) is 30.7 Å². The third-order valence-electron chi connectivity index (χ3n) is 26.7. The number of carboxylic acid groups (broad SMARTS) is 1. The zero-order chi connectivity index (χ0) is 102. The largest absolute Gasteiger partial charge is 0.495 e. The van der Waals surface area contributed by atoms with Gasteiger partial charge in [0.15, 0.2) is 0 Å². The van der Waals surface area contributed by atoms with E-state index in [0.29, 0.717) is 26.2 Å². The van der Waals surface area contributed by atoms with Gasteiger partial charge in [0.1, 0.15) is 52.6 Å². The lowest BCUT2D eigenvalue weighted by Gasteiger charge is -2.32. The second kappa shape index (κ2) is 44.7. The van der Waals surface area contributed by atoms with Crippen LogP contribution in [0.25, 0.3) is 100.0 Å². The fourth-order valence-corrected chi connectivity index (χ4v) is 18.8. The number of nitrogens with zero attached hydrogens (tertiary/aromatic N) is 8. The Balaban J connectivity index is 0.000000174. The summed E-state index contributed by atoms with van der Waals surface area (Å²) in [4.78, 5) is 137. The summed E-state index contributed by atoms with van der Waals surface area (Å²) in [6.45, 7) is 33.2. The van der Waals surface area contributed by atoms with E-state index in [1.807, 2.05) is 128 Å². The molecule has 0 spiro atoms. The Kier molecular flexibility index (Phi) is 32.8. The molecule has 8 aromatic carbocycles. The summed E-state index contributed by atoms with van der Waals surface area (Å²) in [6, 6.07) is 56.2. The minimum absolute atomic E-state index is 0.0518. The van der Waals surface area contributed by atoms with E-state index in [9.17, 15) is 38.4 Å². The van der Waals surface area contributed by atoms with E-state index in [-0.39, 0.29) is 65.9 Å². The molecule has 142 heavy (non-hydrogen) atoms. The Morgan fingerprint density at radius 1 is 0.394 bits per heavy atom. The average Bonchev–Trinajstić information content (AvgIpc) is 1.50. The van der Waals surface area contributed by atoms with E-state index < -0.39 is 71.9 Å². The molecular weight excluding hydrogens is 1870 g/mol. The maximum Gasteiger partial charge on any atom is 0.495 e. The first kappa shape index (κ1) is 104. The summed E-state index contributed by atoms with van der Waals surface area (Å²) in [5.74, 6) is 1.35. The first-order chi connectivity index (χ1) is 67.6. The molecule has 9 heterocycles. The van der Waals surface area contributed by atoms with Crippen LogP contribution in [0.5, 0.6) is 0 Å². The Morgan fingerprint density at radius 2 is 0.662 bits per heavy atom. The number of fused-ring (bicyclic) bond motifs is 2. The molecule has 0 unspecified atom stereocenters. The number of aliphatic carboxylic acids is 1. The number of methoxy groups -OCH3 is 3. The molecule has 748 valence electrons. The number of ether oxygens (including phenoxy) is 5. The number of halogens is 1. The molecule has 5 fully saturated rings. The summed E-state index contributed by atoms with van der Waals surface area (Å²) in [6.07, 6.45) is 11.7. The van der Waals surface area contributed by atoms with Crippen molar-refractivity contribution < 1.29 is 76.5 Å². The van der Waals surface area contributed by atoms with Crippen molar-refractivity contribution in [2.24, 2.45) is 17.8 Å². The molecular formula is C109H131BBrN15O16. The number of benzene rings is 8. The lowest BCUT2D eigenvalue weighted by Crippen LogP contribution is -2.51. The lowest BCUT2D eigenvalue weighted by atomic mass is 9.75. The van der Waals surface area contributed by atoms with Crippen LogP contribution >= 0.6 is 15.9 Å². The monoisotopic (exact) mass is 2000 g/mol. The number of carbonyl (C=O) groups excluding carboxylic acids is 7. The molecule has 0 bridgehead atoms. The minimum Gasteiger partial charge on any atom is -0.480 e. The SMILES string of the molecule is CC(C)(C)OC(=O)N1CCC[C@H]1c1ncc(-c2ccc(-c3cccc4c(B5OC(C)(C)C(C)(C)O5)cccc34)cc2)[nH]1.CC(C)(C)OC(=O)N1CCC[C@H]1c1ncc(-c2ccc(Br)cc2)[nH]1.COC(=O)N[C@H](C(=O)N1CCC[C@H]1c1ncc(-c2ccc(-c3cccc4c(-c5ccc(-c6cnc([C@@H]7CCCN7C(=O)[C@@H](NC(=O)OC)C(C)C)[nH]6)cc5)cccc34)cc2)[nH]1)C(C)C.COC(=O)N[C@H](C(=O)O)C(C)C. The second-order valence-electron chi connectivity index (χ2n) is 40.5. The van der Waals surface area contributed by atoms with Gasteiger partial charge in [-0.05, 0) is 233 Å². The number of aromatic amines is 4. The van der Waals surface area contributed by atoms with Crippen molar-refractivity contribution in [3.63, 3.8) is 0 Å². The molecule has 33 heteroatoms. The first-order valence-electron chi connectivity index (χ1n) is 48.6. The third-order valence-corrected chi connectivity index (χ3v) is 27.2. The van der Waals surface area contributed by atoms with Crippen LogP contribution in [0.3, 0.4) is 0 Å². The smallest absolute Gasteiger partial charge is 0.480 e. The molecule has 5 saturated heterocycles. The Labute approximate surface area is 838 Å². The Hall–Kier alpha value is -13.7. The molecule has 4 aromatic heterocycles. The van der Waals surface area contributed by atoms with Crippen molar-refractivity contribution in [1.29, 1.82) is 0 Å². The van der Waals surface area contributed by atoms with Gasteiger partial charge >= 0.3 is 43.6 Å². The second-order valence-corrected chi connectivity index (χ2v) is 41.4. The Morgan fingerprint density at radius 3 is 0.958 bits per heavy atom. The van der Waals surface area contributed by atoms with Crippen LogP contribution in [0.15, 0.2) is 199 Å². The number of amides is 7. The van der Waals surface area contributed by atoms with E-state index >= 15 is 0 Å². The number of hydrogen-bond donors (Lipinski definition) is 8. The number of carbonyl (C=O) groups is 8. The zero-order valence-corrected chi connectivity index (χ0v) is 85.9. The molecule has 8 N–H and O–H groups in total. The van der Waals surface area contributed by atoms with Crippen LogP contribution in [-0.2, 0) is 47.4 Å². The number of hydrogen-bond acceptors (Lipinski definition) is 19. The van der Waals surface area contributed by atoms with Crippen LogP contribution in [0.1, 0.15) is 210 Å². The summed E-state index contributed by atoms with van der Waals surface area (Å²) in [5.41, 5.74) is 13.6. The molecule has 31 nitrogen and oxygen atoms in total. The molecule has 7 atom stereocenters. The molecule has 5 aliphatic heterocycles. The molecule has 5 aliphatic rings. The van der Waals surface area contributed by atoms with Crippen molar-refractivity contribution in [2.75, 3.05) is 47.5 Å². The number of carboxylic acids is 1. The van der Waals surface area contributed by atoms with Gasteiger partial charge in [-0.25, -0.2) is 48.7 Å². The van der Waals surface area contributed by atoms with Crippen LogP contribution in [0.2, 0.25) is 0 Å². The molecule has 0 radical (unpaired) electrons. The van der Waals surface area contributed by atoms with Gasteiger partial charge < -0.3 is 83.8 Å². The Bertz CT molecular complexity index is 6260. The van der Waals surface area contributed by atoms with E-state index in [4.69, 9.17) is 43.3 Å². The molecule has 17 rings (SSSR count). The van der Waals surface area contributed by atoms with Crippen LogP contribution in [0, 0.1) is 17.8 Å². The number of alkyl carbamates (subject to hydrolysis) is 3. The number of likely N-dealkylation sites (tertiary alicyclic amines) is 4. The number of aromatic nitrogens is 8. The van der Waals surface area contributed by atoms with Gasteiger partial charge in [-0.1, -0.05) is 215 Å². The fraction of sp³-hybridized carbons (Fsp3) is 0.413. The molecule has 0 aliphatic carbocycles. The highest BCUT2D eigenvalue weighted by molar-refractivity contribution is 9.10. The van der Waals surface area contributed by atoms with Crippen molar-refractivity contribution in [3.05, 3.63) is 222 Å². The van der Waals surface area contributed by atoms with Crippen molar-refractivity contribution in [1.82, 2.24) is 75.4 Å². The van der Waals surface area contributed by atoms with E-state index in [0.717, 1.165) is 185 Å². The van der Waals surface area contributed by atoms with Gasteiger partial charge in [-0.3, -0.25) is 19.4 Å². The number of rotatable bonds is 21. The summed E-state index contributed by atoms with van der Waals surface area (Å²) in [7, 11) is 3.36. The minimum atomic E-state index is -1.06. The number of imidazole rings is 4. The molecule has 12 aromatic rings. The summed E-state index contributed by atoms with van der Waals surface area (Å²) in [5, 5.41) is 20.8.